The molecule has 7 heteroatoms. The van der Waals surface area contributed by atoms with Crippen molar-refractivity contribution in [3.05, 3.63) is 18.2 Å². The van der Waals surface area contributed by atoms with E-state index in [9.17, 15) is 9.59 Å². The average Bonchev–Trinajstić information content (AvgIpc) is 2.67. The highest BCUT2D eigenvalue weighted by Crippen LogP contribution is 2.33. The van der Waals surface area contributed by atoms with Crippen LogP contribution < -0.4 is 20.3 Å². The van der Waals surface area contributed by atoms with Gasteiger partial charge in [0.25, 0.3) is 0 Å². The van der Waals surface area contributed by atoms with Crippen molar-refractivity contribution in [2.45, 2.75) is 52.0 Å². The molecule has 0 bridgehead atoms. The van der Waals surface area contributed by atoms with Crippen LogP contribution in [0.5, 0.6) is 5.75 Å². The molecule has 1 fully saturated rings. The smallest absolute Gasteiger partial charge is 0.319 e. The highest BCUT2D eigenvalue weighted by Gasteiger charge is 2.23. The molecule has 1 aliphatic heterocycles. The molecule has 0 radical (unpaired) electrons. The Morgan fingerprint density at radius 2 is 2.07 bits per heavy atom. The number of methoxy groups -OCH3 is 1. The number of hydrogen-bond acceptors (Lipinski definition) is 4. The van der Waals surface area contributed by atoms with Crippen LogP contribution >= 0.6 is 0 Å². The summed E-state index contributed by atoms with van der Waals surface area (Å²) < 4.78 is 5.41. The number of nitrogens with one attached hydrogen (secondary N) is 2. The van der Waals surface area contributed by atoms with E-state index in [2.05, 4.69) is 36.4 Å². The minimum atomic E-state index is -0.238. The second kappa shape index (κ2) is 10.9. The Kier molecular flexibility index (Phi) is 8.57. The number of unbranched alkanes of at least 4 members (excludes halogenated alkanes) is 1. The molecule has 156 valence electrons. The largest absolute Gasteiger partial charge is 0.495 e. The molecule has 0 unspecified atom stereocenters. The summed E-state index contributed by atoms with van der Waals surface area (Å²) in [5.41, 5.74) is 1.35. The van der Waals surface area contributed by atoms with Gasteiger partial charge in [-0.2, -0.15) is 0 Å². The van der Waals surface area contributed by atoms with Gasteiger partial charge in [-0.3, -0.25) is 4.79 Å². The number of ether oxygens (including phenoxy) is 1. The molecule has 1 saturated heterocycles. The fourth-order valence-corrected chi connectivity index (χ4v) is 3.16. The molecule has 0 saturated carbocycles. The van der Waals surface area contributed by atoms with Crippen LogP contribution in [0.15, 0.2) is 18.2 Å². The molecule has 2 rings (SSSR count). The van der Waals surface area contributed by atoms with Crippen LogP contribution in [0.4, 0.5) is 16.2 Å². The Bertz CT molecular complexity index is 663. The molecular weight excluding hydrogens is 356 g/mol. The number of rotatable bonds is 9. The van der Waals surface area contributed by atoms with Crippen LogP contribution in [0.3, 0.4) is 0 Å². The first-order chi connectivity index (χ1) is 13.4. The Balaban J connectivity index is 1.87. The number of carbonyl (C=O) groups excluding carboxylic acids is 2. The molecule has 2 N–H and O–H groups in total. The summed E-state index contributed by atoms with van der Waals surface area (Å²) in [6.07, 6.45) is 4.41. The van der Waals surface area contributed by atoms with Crippen molar-refractivity contribution >= 4 is 23.3 Å². The second-order valence-corrected chi connectivity index (χ2v) is 7.55. The van der Waals surface area contributed by atoms with Crippen molar-refractivity contribution in [1.29, 1.82) is 0 Å². The maximum absolute atomic E-state index is 12.3. The molecule has 7 nitrogen and oxygen atoms in total. The number of carbonyl (C=O) groups is 2. The highest BCUT2D eigenvalue weighted by molar-refractivity contribution is 5.97. The van der Waals surface area contributed by atoms with E-state index in [1.54, 1.807) is 30.2 Å². The van der Waals surface area contributed by atoms with Gasteiger partial charge in [-0.1, -0.05) is 0 Å². The normalized spacial score (nSPS) is 14.5. The van der Waals surface area contributed by atoms with E-state index in [-0.39, 0.29) is 11.9 Å². The summed E-state index contributed by atoms with van der Waals surface area (Å²) in [5, 5.41) is 5.74. The minimum Gasteiger partial charge on any atom is -0.495 e. The van der Waals surface area contributed by atoms with Crippen LogP contribution in [-0.4, -0.2) is 56.7 Å². The summed E-state index contributed by atoms with van der Waals surface area (Å²) in [5.74, 6) is 0.730. The van der Waals surface area contributed by atoms with Crippen molar-refractivity contribution in [2.24, 2.45) is 0 Å². The summed E-state index contributed by atoms with van der Waals surface area (Å²) in [6, 6.07) is 5.67. The summed E-state index contributed by atoms with van der Waals surface area (Å²) in [4.78, 5) is 28.5. The van der Waals surface area contributed by atoms with Gasteiger partial charge in [-0.15, -0.1) is 0 Å². The zero-order valence-electron chi connectivity index (χ0n) is 17.6. The van der Waals surface area contributed by atoms with Gasteiger partial charge in [0.15, 0.2) is 0 Å². The number of urea groups is 1. The molecule has 0 aromatic heterocycles. The van der Waals surface area contributed by atoms with Gasteiger partial charge in [-0.05, 0) is 71.3 Å². The third-order valence-electron chi connectivity index (χ3n) is 5.16. The standard InChI is InChI=1S/C21H34N4O3/c1-16(2)24(3)13-8-6-12-22-21(27)23-17-10-11-19(28-4)18(15-17)25-14-7-5-9-20(25)26/h10-11,15-16H,5-9,12-14H2,1-4H3,(H2,22,23,27). The van der Waals surface area contributed by atoms with Gasteiger partial charge >= 0.3 is 6.03 Å². The molecular formula is C21H34N4O3. The zero-order chi connectivity index (χ0) is 20.5. The molecule has 0 atom stereocenters. The second-order valence-electron chi connectivity index (χ2n) is 7.55. The predicted octanol–water partition coefficient (Wildman–Crippen LogP) is 3.45. The maximum atomic E-state index is 12.3. The quantitative estimate of drug-likeness (QED) is 0.634. The lowest BCUT2D eigenvalue weighted by atomic mass is 10.1. The van der Waals surface area contributed by atoms with E-state index in [1.807, 2.05) is 0 Å². The number of anilines is 2. The van der Waals surface area contributed by atoms with Crippen molar-refractivity contribution in [3.8, 4) is 5.75 Å². The van der Waals surface area contributed by atoms with E-state index >= 15 is 0 Å². The van der Waals surface area contributed by atoms with Crippen molar-refractivity contribution in [3.63, 3.8) is 0 Å². The monoisotopic (exact) mass is 390 g/mol. The topological polar surface area (TPSA) is 73.9 Å². The molecule has 1 aromatic rings. The minimum absolute atomic E-state index is 0.0949. The van der Waals surface area contributed by atoms with Gasteiger partial charge in [0, 0.05) is 31.2 Å². The molecule has 0 spiro atoms. The Morgan fingerprint density at radius 1 is 1.29 bits per heavy atom. The molecule has 28 heavy (non-hydrogen) atoms. The van der Waals surface area contributed by atoms with E-state index in [4.69, 9.17) is 4.74 Å². The van der Waals surface area contributed by atoms with Crippen LogP contribution in [0.1, 0.15) is 46.0 Å². The molecule has 3 amide bonds. The number of benzene rings is 1. The lowest BCUT2D eigenvalue weighted by Crippen LogP contribution is -2.35. The number of hydrogen-bond donors (Lipinski definition) is 2. The Morgan fingerprint density at radius 3 is 2.75 bits per heavy atom. The predicted molar refractivity (Wildman–Crippen MR) is 113 cm³/mol. The van der Waals surface area contributed by atoms with Crippen LogP contribution in [0.2, 0.25) is 0 Å². The van der Waals surface area contributed by atoms with Gasteiger partial charge in [-0.25, -0.2) is 4.79 Å². The summed E-state index contributed by atoms with van der Waals surface area (Å²) >= 11 is 0. The van der Waals surface area contributed by atoms with Crippen LogP contribution in [0, 0.1) is 0 Å². The first kappa shape index (κ1) is 22.0. The van der Waals surface area contributed by atoms with Crippen molar-refractivity contribution in [1.82, 2.24) is 10.2 Å². The van der Waals surface area contributed by atoms with Crippen LogP contribution in [-0.2, 0) is 4.79 Å². The van der Waals surface area contributed by atoms with E-state index in [1.165, 1.54) is 0 Å². The molecule has 0 aliphatic carbocycles. The third kappa shape index (κ3) is 6.41. The van der Waals surface area contributed by atoms with Gasteiger partial charge in [0.1, 0.15) is 5.75 Å². The first-order valence-electron chi connectivity index (χ1n) is 10.2. The fourth-order valence-electron chi connectivity index (χ4n) is 3.16. The third-order valence-corrected chi connectivity index (χ3v) is 5.16. The molecule has 1 aliphatic rings. The summed E-state index contributed by atoms with van der Waals surface area (Å²) in [7, 11) is 3.70. The van der Waals surface area contributed by atoms with Crippen molar-refractivity contribution < 1.29 is 14.3 Å². The van der Waals surface area contributed by atoms with Crippen molar-refractivity contribution in [2.75, 3.05) is 44.0 Å². The zero-order valence-corrected chi connectivity index (χ0v) is 17.6. The maximum Gasteiger partial charge on any atom is 0.319 e. The SMILES string of the molecule is COc1ccc(NC(=O)NCCCCN(C)C(C)C)cc1N1CCCCC1=O. The lowest BCUT2D eigenvalue weighted by molar-refractivity contribution is -0.119. The van der Waals surface area contributed by atoms with Gasteiger partial charge < -0.3 is 25.2 Å². The fraction of sp³-hybridized carbons (Fsp3) is 0.619. The summed E-state index contributed by atoms with van der Waals surface area (Å²) in [6.45, 7) is 6.67. The Labute approximate surface area is 168 Å². The average molecular weight is 391 g/mol. The van der Waals surface area contributed by atoms with Crippen LogP contribution in [0.25, 0.3) is 0 Å². The molecule has 1 aromatic carbocycles. The number of nitrogens with zero attached hydrogens (tertiary/aromatic N) is 2. The van der Waals surface area contributed by atoms with Gasteiger partial charge in [0.05, 0.1) is 12.8 Å². The number of amides is 3. The van der Waals surface area contributed by atoms with E-state index < -0.39 is 0 Å². The van der Waals surface area contributed by atoms with Gasteiger partial charge in [0.2, 0.25) is 5.91 Å². The molecule has 1 heterocycles. The lowest BCUT2D eigenvalue weighted by Gasteiger charge is -2.28. The highest BCUT2D eigenvalue weighted by atomic mass is 16.5. The van der Waals surface area contributed by atoms with E-state index in [0.717, 1.165) is 32.2 Å². The van der Waals surface area contributed by atoms with E-state index in [0.29, 0.717) is 42.7 Å². The number of piperidine rings is 1. The first-order valence-corrected chi connectivity index (χ1v) is 10.2. The Hall–Kier alpha value is -2.28.